The second kappa shape index (κ2) is 8.94. The van der Waals surface area contributed by atoms with Crippen LogP contribution in [-0.4, -0.2) is 115 Å². The molecule has 0 aromatic carbocycles. The van der Waals surface area contributed by atoms with Crippen LogP contribution in [-0.2, 0) is 14.3 Å². The average Bonchev–Trinajstić information content (AvgIpc) is 2.56. The summed E-state index contributed by atoms with van der Waals surface area (Å²) in [6, 6.07) is 0. The molecule has 1 saturated heterocycles. The van der Waals surface area contributed by atoms with Crippen LogP contribution < -0.4 is 0 Å². The third kappa shape index (κ3) is 4.87. The maximum Gasteiger partial charge on any atom is 0.189 e. The smallest absolute Gasteiger partial charge is 0.189 e. The summed E-state index contributed by atoms with van der Waals surface area (Å²) in [5.74, 6) is -1.08. The summed E-state index contributed by atoms with van der Waals surface area (Å²) in [4.78, 5) is 11.6. The first-order valence-electron chi connectivity index (χ1n) is 6.84. The van der Waals surface area contributed by atoms with E-state index in [2.05, 4.69) is 0 Å². The number of ketones is 1. The molecule has 23 heavy (non-hydrogen) atoms. The van der Waals surface area contributed by atoms with E-state index in [-0.39, 0.29) is 0 Å². The van der Waals surface area contributed by atoms with Crippen LogP contribution in [0.5, 0.6) is 0 Å². The normalized spacial score (nSPS) is 35.6. The maximum atomic E-state index is 11.6. The summed E-state index contributed by atoms with van der Waals surface area (Å²) in [7, 11) is 0. The van der Waals surface area contributed by atoms with Crippen molar-refractivity contribution in [1.29, 1.82) is 0 Å². The van der Waals surface area contributed by atoms with E-state index >= 15 is 0 Å². The van der Waals surface area contributed by atoms with Gasteiger partial charge in [-0.05, 0) is 0 Å². The highest BCUT2D eigenvalue weighted by Gasteiger charge is 2.44. The molecule has 0 radical (unpaired) electrons. The lowest BCUT2D eigenvalue weighted by Gasteiger charge is -2.39. The Labute approximate surface area is 130 Å². The molecule has 1 fully saturated rings. The van der Waals surface area contributed by atoms with Gasteiger partial charge in [0.2, 0.25) is 0 Å². The number of carbonyl (C=O) groups excluding carboxylic acids is 1. The third-order valence-corrected chi connectivity index (χ3v) is 3.47. The van der Waals surface area contributed by atoms with Gasteiger partial charge in [0, 0.05) is 0 Å². The lowest BCUT2D eigenvalue weighted by molar-refractivity contribution is -0.299. The molecule has 8 N–H and O–H groups in total. The van der Waals surface area contributed by atoms with Gasteiger partial charge in [-0.3, -0.25) is 4.79 Å². The number of aliphatic hydroxyl groups excluding tert-OH is 8. The average molecular weight is 342 g/mol. The zero-order valence-corrected chi connectivity index (χ0v) is 12.0. The second-order valence-corrected chi connectivity index (χ2v) is 5.16. The van der Waals surface area contributed by atoms with Crippen LogP contribution in [0.1, 0.15) is 0 Å². The quantitative estimate of drug-likeness (QED) is 0.209. The summed E-state index contributed by atoms with van der Waals surface area (Å²) < 4.78 is 9.85. The Kier molecular flexibility index (Phi) is 7.89. The Morgan fingerprint density at radius 1 is 1.04 bits per heavy atom. The summed E-state index contributed by atoms with van der Waals surface area (Å²) in [5, 5.41) is 74.4. The highest BCUT2D eigenvalue weighted by Crippen LogP contribution is 2.22. The molecule has 0 amide bonds. The standard InChI is InChI=1S/C12H22O11/c13-1-4(15)7(17)8(18)5(16)3-22-12-11(21)10(20)9(19)6(2-14)23-12/h4,6-15,17-21H,1-3H2/t4-,6+,7+,8+,9+,10-,11+,12-/m0/s1. The van der Waals surface area contributed by atoms with Crippen LogP contribution in [0, 0.1) is 0 Å². The highest BCUT2D eigenvalue weighted by molar-refractivity contribution is 5.84. The number of ether oxygens (including phenoxy) is 2. The topological polar surface area (TPSA) is 197 Å². The van der Waals surface area contributed by atoms with Gasteiger partial charge >= 0.3 is 0 Å². The first-order chi connectivity index (χ1) is 10.7. The van der Waals surface area contributed by atoms with Crippen LogP contribution >= 0.6 is 0 Å². The van der Waals surface area contributed by atoms with Gasteiger partial charge in [0.25, 0.3) is 0 Å². The second-order valence-electron chi connectivity index (χ2n) is 5.16. The summed E-state index contributed by atoms with van der Waals surface area (Å²) in [6.07, 6.45) is -13.5. The molecule has 0 saturated carbocycles. The van der Waals surface area contributed by atoms with E-state index in [4.69, 9.17) is 24.8 Å². The minimum absolute atomic E-state index is 0.678. The molecule has 0 aliphatic carbocycles. The molecular weight excluding hydrogens is 320 g/mol. The summed E-state index contributed by atoms with van der Waals surface area (Å²) in [5.41, 5.74) is 0. The lowest BCUT2D eigenvalue weighted by Crippen LogP contribution is -2.59. The zero-order valence-electron chi connectivity index (χ0n) is 12.0. The molecule has 1 rings (SSSR count). The molecule has 0 spiro atoms. The van der Waals surface area contributed by atoms with E-state index in [9.17, 15) is 30.3 Å². The first-order valence-corrected chi connectivity index (χ1v) is 6.84. The van der Waals surface area contributed by atoms with Crippen LogP contribution in [0.25, 0.3) is 0 Å². The number of Topliss-reactive ketones (excluding diaryl/α,β-unsaturated/α-hetero) is 1. The third-order valence-electron chi connectivity index (χ3n) is 3.47. The van der Waals surface area contributed by atoms with Crippen molar-refractivity contribution in [3.8, 4) is 0 Å². The van der Waals surface area contributed by atoms with Gasteiger partial charge in [-0.2, -0.15) is 0 Å². The maximum absolute atomic E-state index is 11.6. The highest BCUT2D eigenvalue weighted by atomic mass is 16.7. The number of hydrogen-bond acceptors (Lipinski definition) is 11. The van der Waals surface area contributed by atoms with Crippen molar-refractivity contribution in [1.82, 2.24) is 0 Å². The molecule has 8 atom stereocenters. The van der Waals surface area contributed by atoms with E-state index in [1.165, 1.54) is 0 Å². The first kappa shape index (κ1) is 20.3. The van der Waals surface area contributed by atoms with Gasteiger partial charge in [-0.1, -0.05) is 0 Å². The predicted octanol–water partition coefficient (Wildman–Crippen LogP) is -5.55. The van der Waals surface area contributed by atoms with Gasteiger partial charge in [-0.25, -0.2) is 0 Å². The lowest BCUT2D eigenvalue weighted by atomic mass is 9.99. The van der Waals surface area contributed by atoms with Gasteiger partial charge in [0.15, 0.2) is 12.1 Å². The van der Waals surface area contributed by atoms with Crippen LogP contribution in [0.4, 0.5) is 0 Å². The van der Waals surface area contributed by atoms with E-state index in [0.29, 0.717) is 0 Å². The number of hydrogen-bond donors (Lipinski definition) is 8. The fraction of sp³-hybridized carbons (Fsp3) is 0.917. The molecule has 0 bridgehead atoms. The molecule has 1 aliphatic rings. The molecule has 1 heterocycles. The van der Waals surface area contributed by atoms with Gasteiger partial charge < -0.3 is 50.3 Å². The number of carbonyl (C=O) groups is 1. The largest absolute Gasteiger partial charge is 0.394 e. The Morgan fingerprint density at radius 2 is 1.65 bits per heavy atom. The van der Waals surface area contributed by atoms with Crippen molar-refractivity contribution >= 4 is 5.78 Å². The van der Waals surface area contributed by atoms with E-state index in [1.807, 2.05) is 0 Å². The Morgan fingerprint density at radius 3 is 2.17 bits per heavy atom. The number of rotatable bonds is 8. The summed E-state index contributed by atoms with van der Waals surface area (Å²) >= 11 is 0. The number of aliphatic hydroxyl groups is 8. The monoisotopic (exact) mass is 342 g/mol. The van der Waals surface area contributed by atoms with Crippen LogP contribution in [0.15, 0.2) is 0 Å². The van der Waals surface area contributed by atoms with Crippen LogP contribution in [0.3, 0.4) is 0 Å². The molecule has 11 nitrogen and oxygen atoms in total. The fourth-order valence-electron chi connectivity index (χ4n) is 1.96. The van der Waals surface area contributed by atoms with Gasteiger partial charge in [0.05, 0.1) is 13.2 Å². The van der Waals surface area contributed by atoms with Gasteiger partial charge in [-0.15, -0.1) is 0 Å². The summed E-state index contributed by atoms with van der Waals surface area (Å²) in [6.45, 7) is -2.42. The van der Waals surface area contributed by atoms with Crippen molar-refractivity contribution in [2.45, 2.75) is 49.0 Å². The van der Waals surface area contributed by atoms with E-state index in [0.717, 1.165) is 0 Å². The fourth-order valence-corrected chi connectivity index (χ4v) is 1.96. The van der Waals surface area contributed by atoms with Crippen LogP contribution in [0.2, 0.25) is 0 Å². The van der Waals surface area contributed by atoms with Crippen molar-refractivity contribution in [3.05, 3.63) is 0 Å². The molecule has 0 unspecified atom stereocenters. The Bertz CT molecular complexity index is 376. The molecule has 1 aliphatic heterocycles. The molecule has 11 heteroatoms. The predicted molar refractivity (Wildman–Crippen MR) is 69.8 cm³/mol. The van der Waals surface area contributed by atoms with Crippen molar-refractivity contribution in [3.63, 3.8) is 0 Å². The zero-order chi connectivity index (χ0) is 17.7. The van der Waals surface area contributed by atoms with Crippen molar-refractivity contribution in [2.24, 2.45) is 0 Å². The van der Waals surface area contributed by atoms with Gasteiger partial charge in [0.1, 0.15) is 49.3 Å². The van der Waals surface area contributed by atoms with Crippen molar-refractivity contribution in [2.75, 3.05) is 19.8 Å². The van der Waals surface area contributed by atoms with Crippen molar-refractivity contribution < 1.29 is 55.1 Å². The minimum atomic E-state index is -2.05. The SMILES string of the molecule is O=C(CO[C@H]1O[C@H](CO)[C@@H](O)[C@H](O)[C@H]1O)[C@@H](O)[C@H](O)[C@@H](O)CO. The molecule has 0 aromatic rings. The Balaban J connectivity index is 2.57. The molecular formula is C12H22O11. The van der Waals surface area contributed by atoms with E-state index in [1.54, 1.807) is 0 Å². The molecule has 136 valence electrons. The van der Waals surface area contributed by atoms with E-state index < -0.39 is 74.6 Å². The minimum Gasteiger partial charge on any atom is -0.394 e. The Hall–Kier alpha value is -0.730. The molecule has 0 aromatic heterocycles.